The van der Waals surface area contributed by atoms with E-state index in [2.05, 4.69) is 32.3 Å². The van der Waals surface area contributed by atoms with Gasteiger partial charge in [-0.25, -0.2) is 0 Å². The lowest BCUT2D eigenvalue weighted by Crippen LogP contribution is -2.16. The Balaban J connectivity index is 1.65. The molecule has 0 radical (unpaired) electrons. The van der Waals surface area contributed by atoms with Crippen LogP contribution in [-0.2, 0) is 4.79 Å². The first-order chi connectivity index (χ1) is 13.0. The minimum Gasteiger partial charge on any atom is -0.490 e. The maximum Gasteiger partial charge on any atom is 0.303 e. The van der Waals surface area contributed by atoms with E-state index in [1.165, 1.54) is 0 Å². The number of nitrogens with one attached hydrogen (secondary N) is 1. The van der Waals surface area contributed by atoms with E-state index in [9.17, 15) is 4.79 Å². The number of halogens is 1. The van der Waals surface area contributed by atoms with Gasteiger partial charge in [0.1, 0.15) is 5.75 Å². The zero-order valence-corrected chi connectivity index (χ0v) is 16.6. The molecule has 3 aromatic rings. The van der Waals surface area contributed by atoms with Crippen molar-refractivity contribution < 1.29 is 14.6 Å². The monoisotopic (exact) mass is 428 g/mol. The van der Waals surface area contributed by atoms with Gasteiger partial charge in [0.25, 0.3) is 0 Å². The molecule has 1 unspecified atom stereocenters. The minimum absolute atomic E-state index is 0.0936. The maximum atomic E-state index is 10.7. The van der Waals surface area contributed by atoms with Crippen molar-refractivity contribution in [2.45, 2.75) is 32.3 Å². The van der Waals surface area contributed by atoms with E-state index in [0.29, 0.717) is 6.42 Å². The Labute approximate surface area is 166 Å². The van der Waals surface area contributed by atoms with Crippen LogP contribution in [0, 0.1) is 0 Å². The molecule has 0 saturated heterocycles. The first kappa shape index (κ1) is 19.2. The van der Waals surface area contributed by atoms with E-state index in [1.54, 1.807) is 6.20 Å². The van der Waals surface area contributed by atoms with Gasteiger partial charge in [-0.15, -0.1) is 0 Å². The third-order valence-corrected chi connectivity index (χ3v) is 4.72. The molecule has 2 N–H and O–H groups in total. The van der Waals surface area contributed by atoms with Gasteiger partial charge in [0, 0.05) is 22.0 Å². The van der Waals surface area contributed by atoms with E-state index in [4.69, 9.17) is 9.84 Å². The first-order valence-corrected chi connectivity index (χ1v) is 9.63. The highest BCUT2D eigenvalue weighted by Crippen LogP contribution is 2.25. The van der Waals surface area contributed by atoms with Crippen LogP contribution in [0.15, 0.2) is 59.2 Å². The second kappa shape index (κ2) is 8.86. The van der Waals surface area contributed by atoms with Crippen LogP contribution in [0.5, 0.6) is 5.75 Å². The highest BCUT2D eigenvalue weighted by atomic mass is 79.9. The quantitative estimate of drug-likeness (QED) is 0.476. The number of ether oxygens (including phenoxy) is 1. The van der Waals surface area contributed by atoms with Crippen molar-refractivity contribution in [1.82, 2.24) is 4.98 Å². The Morgan fingerprint density at radius 1 is 1.19 bits per heavy atom. The number of pyridine rings is 1. The number of carbonyl (C=O) groups is 1. The number of hydrogen-bond donors (Lipinski definition) is 2. The van der Waals surface area contributed by atoms with E-state index < -0.39 is 5.97 Å². The molecule has 0 bridgehead atoms. The molecule has 27 heavy (non-hydrogen) atoms. The molecule has 1 heterocycles. The Morgan fingerprint density at radius 3 is 2.67 bits per heavy atom. The van der Waals surface area contributed by atoms with Crippen molar-refractivity contribution in [3.63, 3.8) is 0 Å². The number of fused-ring (bicyclic) bond motifs is 1. The molecule has 3 rings (SSSR count). The molecule has 0 aliphatic rings. The zero-order chi connectivity index (χ0) is 19.2. The van der Waals surface area contributed by atoms with Gasteiger partial charge in [-0.2, -0.15) is 0 Å². The third kappa shape index (κ3) is 5.44. The Morgan fingerprint density at radius 2 is 1.96 bits per heavy atom. The van der Waals surface area contributed by atoms with Gasteiger partial charge in [0.15, 0.2) is 0 Å². The third-order valence-electron chi connectivity index (χ3n) is 4.23. The van der Waals surface area contributed by atoms with Gasteiger partial charge >= 0.3 is 5.97 Å². The van der Waals surface area contributed by atoms with Crippen molar-refractivity contribution in [3.05, 3.63) is 59.2 Å². The maximum absolute atomic E-state index is 10.7. The van der Waals surface area contributed by atoms with Crippen LogP contribution < -0.4 is 10.1 Å². The number of aromatic nitrogens is 1. The number of carboxylic acid groups (broad SMARTS) is 1. The van der Waals surface area contributed by atoms with Gasteiger partial charge in [-0.1, -0.05) is 28.9 Å². The van der Waals surface area contributed by atoms with Crippen LogP contribution in [0.25, 0.3) is 10.9 Å². The van der Waals surface area contributed by atoms with Gasteiger partial charge < -0.3 is 15.2 Å². The normalized spacial score (nSPS) is 11.9. The average molecular weight is 429 g/mol. The highest BCUT2D eigenvalue weighted by molar-refractivity contribution is 9.10. The number of nitrogens with zero attached hydrogens (tertiary/aromatic N) is 1. The first-order valence-electron chi connectivity index (χ1n) is 8.84. The number of benzene rings is 2. The topological polar surface area (TPSA) is 71.5 Å². The van der Waals surface area contributed by atoms with Gasteiger partial charge in [0.2, 0.25) is 0 Å². The number of rotatable bonds is 8. The summed E-state index contributed by atoms with van der Waals surface area (Å²) in [5, 5.41) is 13.2. The molecule has 0 spiro atoms. The Kier molecular flexibility index (Phi) is 6.29. The lowest BCUT2D eigenvalue weighted by atomic mass is 10.1. The molecule has 0 aliphatic carbocycles. The average Bonchev–Trinajstić information content (AvgIpc) is 2.66. The van der Waals surface area contributed by atoms with Crippen molar-refractivity contribution in [3.8, 4) is 5.75 Å². The van der Waals surface area contributed by atoms with Crippen molar-refractivity contribution in [1.29, 1.82) is 0 Å². The Hall–Kier alpha value is -2.60. The summed E-state index contributed by atoms with van der Waals surface area (Å²) in [6.07, 6.45) is 3.10. The smallest absolute Gasteiger partial charge is 0.303 e. The number of aliphatic carboxylic acids is 1. The summed E-state index contributed by atoms with van der Waals surface area (Å²) in [4.78, 5) is 15.2. The second-order valence-electron chi connectivity index (χ2n) is 6.29. The van der Waals surface area contributed by atoms with Gasteiger partial charge in [-0.05, 0) is 55.3 Å². The molecule has 5 nitrogen and oxygen atoms in total. The fourth-order valence-electron chi connectivity index (χ4n) is 2.77. The van der Waals surface area contributed by atoms with Crippen LogP contribution in [0.4, 0.5) is 11.4 Å². The van der Waals surface area contributed by atoms with Crippen LogP contribution in [0.3, 0.4) is 0 Å². The minimum atomic E-state index is -0.798. The SMILES string of the molecule is CCC(CCC(=O)O)Oc1ccc(Nc2cnc3cc(Br)ccc3c2)cc1. The lowest BCUT2D eigenvalue weighted by Gasteiger charge is -2.17. The van der Waals surface area contributed by atoms with Crippen molar-refractivity contribution in [2.75, 3.05) is 5.32 Å². The van der Waals surface area contributed by atoms with E-state index in [0.717, 1.165) is 38.9 Å². The van der Waals surface area contributed by atoms with E-state index in [-0.39, 0.29) is 12.5 Å². The summed E-state index contributed by atoms with van der Waals surface area (Å²) in [6.45, 7) is 1.99. The van der Waals surface area contributed by atoms with Crippen LogP contribution in [-0.4, -0.2) is 22.2 Å². The van der Waals surface area contributed by atoms with Gasteiger partial charge in [-0.3, -0.25) is 9.78 Å². The van der Waals surface area contributed by atoms with Crippen LogP contribution in [0.2, 0.25) is 0 Å². The van der Waals surface area contributed by atoms with E-state index in [1.807, 2.05) is 49.4 Å². The van der Waals surface area contributed by atoms with Crippen LogP contribution in [0.1, 0.15) is 26.2 Å². The number of anilines is 2. The molecule has 2 aromatic carbocycles. The fourth-order valence-corrected chi connectivity index (χ4v) is 3.12. The molecule has 1 atom stereocenters. The Bertz CT molecular complexity index is 928. The fraction of sp³-hybridized carbons (Fsp3) is 0.238. The van der Waals surface area contributed by atoms with Gasteiger partial charge in [0.05, 0.1) is 23.5 Å². The van der Waals surface area contributed by atoms with Crippen molar-refractivity contribution >= 4 is 44.2 Å². The summed E-state index contributed by atoms with van der Waals surface area (Å²) in [6, 6.07) is 15.7. The molecule has 0 amide bonds. The predicted octanol–water partition coefficient (Wildman–Crippen LogP) is 5.76. The molecule has 6 heteroatoms. The summed E-state index contributed by atoms with van der Waals surface area (Å²) in [7, 11) is 0. The molecule has 140 valence electrons. The summed E-state index contributed by atoms with van der Waals surface area (Å²) in [5.74, 6) is -0.0628. The summed E-state index contributed by atoms with van der Waals surface area (Å²) in [5.41, 5.74) is 2.77. The number of carboxylic acids is 1. The lowest BCUT2D eigenvalue weighted by molar-refractivity contribution is -0.137. The largest absolute Gasteiger partial charge is 0.490 e. The predicted molar refractivity (Wildman–Crippen MR) is 111 cm³/mol. The summed E-state index contributed by atoms with van der Waals surface area (Å²) < 4.78 is 6.89. The zero-order valence-electron chi connectivity index (χ0n) is 15.0. The molecule has 1 aromatic heterocycles. The highest BCUT2D eigenvalue weighted by Gasteiger charge is 2.10. The number of hydrogen-bond acceptors (Lipinski definition) is 4. The van der Waals surface area contributed by atoms with E-state index >= 15 is 0 Å². The molecular formula is C21H21BrN2O3. The molecular weight excluding hydrogens is 408 g/mol. The molecule has 0 fully saturated rings. The van der Waals surface area contributed by atoms with Crippen molar-refractivity contribution in [2.24, 2.45) is 0 Å². The van der Waals surface area contributed by atoms with Crippen LogP contribution >= 0.6 is 15.9 Å². The molecule has 0 aliphatic heterocycles. The second-order valence-corrected chi connectivity index (χ2v) is 7.21. The molecule has 0 saturated carbocycles. The standard InChI is InChI=1S/C21H21BrN2O3/c1-2-18(9-10-21(25)26)27-19-7-5-16(6-8-19)24-17-11-14-3-4-15(22)12-20(14)23-13-17/h3-8,11-13,18,24H,2,9-10H2,1H3,(H,25,26). The summed E-state index contributed by atoms with van der Waals surface area (Å²) >= 11 is 3.45.